The van der Waals surface area contributed by atoms with E-state index in [0.717, 1.165) is 12.8 Å². The lowest BCUT2D eigenvalue weighted by Gasteiger charge is -2.51. The van der Waals surface area contributed by atoms with Gasteiger partial charge in [0.15, 0.2) is 8.32 Å². The third kappa shape index (κ3) is 5.04. The average molecular weight is 396 g/mol. The first-order valence-electron chi connectivity index (χ1n) is 10.8. The van der Waals surface area contributed by atoms with E-state index in [1.807, 2.05) is 6.20 Å². The Morgan fingerprint density at radius 1 is 1.37 bits per heavy atom. The summed E-state index contributed by atoms with van der Waals surface area (Å²) < 4.78 is 6.94. The molecule has 1 amide bonds. The molecule has 2 rings (SSSR count). The molecular formula is C22H41NO3Si. The molecule has 1 heterocycles. The molecule has 2 atom stereocenters. The van der Waals surface area contributed by atoms with Crippen LogP contribution in [0, 0.1) is 5.41 Å². The van der Waals surface area contributed by atoms with Gasteiger partial charge in [0.05, 0.1) is 18.8 Å². The van der Waals surface area contributed by atoms with Crippen molar-refractivity contribution in [3.05, 3.63) is 12.3 Å². The molecule has 0 aromatic carbocycles. The van der Waals surface area contributed by atoms with Crippen LogP contribution in [0.25, 0.3) is 0 Å². The summed E-state index contributed by atoms with van der Waals surface area (Å²) in [5.41, 5.74) is 0.306. The Kier molecular flexibility index (Phi) is 7.37. The standard InChI is InChI=1S/C22H41NO3Si/c1-7-13-22(14-9-15-22)19(26-27(5,6)21(2,3)4)10-8-16-23-18(17-24)11-12-20(23)25/h8,16,18-19,24H,7,9-15,17H2,1-6H3. The number of aliphatic hydroxyl groups is 1. The van der Waals surface area contributed by atoms with Gasteiger partial charge >= 0.3 is 0 Å². The fraction of sp³-hybridized carbons (Fsp3) is 0.864. The molecule has 1 saturated heterocycles. The van der Waals surface area contributed by atoms with Crippen molar-refractivity contribution in [3.63, 3.8) is 0 Å². The molecule has 1 saturated carbocycles. The van der Waals surface area contributed by atoms with Gasteiger partial charge in [0.2, 0.25) is 5.91 Å². The van der Waals surface area contributed by atoms with Crippen molar-refractivity contribution in [2.75, 3.05) is 6.61 Å². The third-order valence-corrected chi connectivity index (χ3v) is 11.7. The number of amides is 1. The lowest BCUT2D eigenvalue weighted by molar-refractivity contribution is -0.126. The summed E-state index contributed by atoms with van der Waals surface area (Å²) in [7, 11) is -1.86. The minimum absolute atomic E-state index is 0.0414. The highest BCUT2D eigenvalue weighted by Crippen LogP contribution is 2.52. The zero-order chi connectivity index (χ0) is 20.3. The summed E-state index contributed by atoms with van der Waals surface area (Å²) in [6.45, 7) is 13.9. The number of hydrogen-bond donors (Lipinski definition) is 1. The van der Waals surface area contributed by atoms with Gasteiger partial charge in [-0.1, -0.05) is 46.6 Å². The van der Waals surface area contributed by atoms with E-state index in [-0.39, 0.29) is 29.7 Å². The lowest BCUT2D eigenvalue weighted by Crippen LogP contribution is -2.51. The van der Waals surface area contributed by atoms with Gasteiger partial charge in [-0.2, -0.15) is 0 Å². The lowest BCUT2D eigenvalue weighted by atomic mass is 9.62. The predicted molar refractivity (Wildman–Crippen MR) is 114 cm³/mol. The number of likely N-dealkylation sites (tertiary alicyclic amines) is 1. The molecule has 0 spiro atoms. The van der Waals surface area contributed by atoms with Gasteiger partial charge in [0, 0.05) is 12.6 Å². The number of carbonyl (C=O) groups is 1. The van der Waals surface area contributed by atoms with Gasteiger partial charge in [-0.3, -0.25) is 4.79 Å². The number of nitrogens with zero attached hydrogens (tertiary/aromatic N) is 1. The van der Waals surface area contributed by atoms with Crippen LogP contribution in [0.4, 0.5) is 0 Å². The van der Waals surface area contributed by atoms with E-state index in [1.54, 1.807) is 4.90 Å². The van der Waals surface area contributed by atoms with Crippen LogP contribution < -0.4 is 0 Å². The summed E-state index contributed by atoms with van der Waals surface area (Å²) in [4.78, 5) is 13.8. The Bertz CT molecular complexity index is 534. The molecule has 156 valence electrons. The van der Waals surface area contributed by atoms with Crippen LogP contribution in [0.3, 0.4) is 0 Å². The van der Waals surface area contributed by atoms with Crippen molar-refractivity contribution < 1.29 is 14.3 Å². The van der Waals surface area contributed by atoms with Crippen molar-refractivity contribution in [1.29, 1.82) is 0 Å². The van der Waals surface area contributed by atoms with Gasteiger partial charge in [-0.15, -0.1) is 0 Å². The normalized spacial score (nSPS) is 24.5. The zero-order valence-electron chi connectivity index (χ0n) is 18.4. The van der Waals surface area contributed by atoms with E-state index in [4.69, 9.17) is 4.43 Å². The van der Waals surface area contributed by atoms with Crippen LogP contribution in [0.5, 0.6) is 0 Å². The molecule has 2 unspecified atom stereocenters. The third-order valence-electron chi connectivity index (χ3n) is 7.22. The summed E-state index contributed by atoms with van der Waals surface area (Å²) in [5, 5.41) is 9.70. The molecule has 2 aliphatic rings. The molecule has 1 aliphatic heterocycles. The van der Waals surface area contributed by atoms with Crippen molar-refractivity contribution in [1.82, 2.24) is 4.90 Å². The fourth-order valence-electron chi connectivity index (χ4n) is 4.26. The van der Waals surface area contributed by atoms with Gasteiger partial charge in [-0.25, -0.2) is 0 Å². The summed E-state index contributed by atoms with van der Waals surface area (Å²) in [6, 6.07) is -0.0539. The number of rotatable bonds is 9. The molecule has 5 heteroatoms. The first-order chi connectivity index (χ1) is 12.6. The highest BCUT2D eigenvalue weighted by Gasteiger charge is 2.48. The molecule has 0 aromatic heterocycles. The smallest absolute Gasteiger partial charge is 0.226 e. The molecular weight excluding hydrogens is 354 g/mol. The number of hydrogen-bond acceptors (Lipinski definition) is 3. The highest BCUT2D eigenvalue weighted by molar-refractivity contribution is 6.74. The fourth-order valence-corrected chi connectivity index (χ4v) is 5.67. The van der Waals surface area contributed by atoms with Crippen molar-refractivity contribution >= 4 is 14.2 Å². The van der Waals surface area contributed by atoms with Gasteiger partial charge in [0.1, 0.15) is 0 Å². The van der Waals surface area contributed by atoms with Crippen LogP contribution >= 0.6 is 0 Å². The second kappa shape index (κ2) is 8.79. The molecule has 0 bridgehead atoms. The van der Waals surface area contributed by atoms with Crippen LogP contribution in [0.15, 0.2) is 12.3 Å². The van der Waals surface area contributed by atoms with Crippen molar-refractivity contribution in [3.8, 4) is 0 Å². The summed E-state index contributed by atoms with van der Waals surface area (Å²) in [5.74, 6) is 0.124. The van der Waals surface area contributed by atoms with Gasteiger partial charge < -0.3 is 14.4 Å². The topological polar surface area (TPSA) is 49.8 Å². The molecule has 1 N–H and O–H groups in total. The molecule has 4 nitrogen and oxygen atoms in total. The van der Waals surface area contributed by atoms with Crippen LogP contribution in [-0.4, -0.2) is 43.0 Å². The number of aliphatic hydroxyl groups excluding tert-OH is 1. The minimum Gasteiger partial charge on any atom is -0.413 e. The van der Waals surface area contributed by atoms with Crippen LogP contribution in [0.1, 0.15) is 79.1 Å². The zero-order valence-corrected chi connectivity index (χ0v) is 19.4. The van der Waals surface area contributed by atoms with E-state index >= 15 is 0 Å². The second-order valence-corrected chi connectivity index (χ2v) is 14.9. The Morgan fingerprint density at radius 3 is 2.52 bits per heavy atom. The van der Waals surface area contributed by atoms with E-state index < -0.39 is 8.32 Å². The minimum atomic E-state index is -1.86. The SMILES string of the molecule is CCCC1(C(CC=CN2C(=O)CCC2CO)O[Si](C)(C)C(C)(C)C)CCC1. The molecule has 1 aliphatic carbocycles. The summed E-state index contributed by atoms with van der Waals surface area (Å²) in [6.07, 6.45) is 12.7. The maximum absolute atomic E-state index is 12.1. The Morgan fingerprint density at radius 2 is 2.04 bits per heavy atom. The van der Waals surface area contributed by atoms with Gasteiger partial charge in [0.25, 0.3) is 0 Å². The first-order valence-corrected chi connectivity index (χ1v) is 13.7. The monoisotopic (exact) mass is 395 g/mol. The van der Waals surface area contributed by atoms with Crippen LogP contribution in [0.2, 0.25) is 18.1 Å². The first kappa shape index (κ1) is 22.6. The van der Waals surface area contributed by atoms with E-state index in [1.165, 1.54) is 32.1 Å². The van der Waals surface area contributed by atoms with Crippen molar-refractivity contribution in [2.45, 2.75) is 109 Å². The van der Waals surface area contributed by atoms with Gasteiger partial charge in [-0.05, 0) is 55.7 Å². The molecule has 0 aromatic rings. The second-order valence-electron chi connectivity index (χ2n) is 10.1. The average Bonchev–Trinajstić information content (AvgIpc) is 2.89. The predicted octanol–water partition coefficient (Wildman–Crippen LogP) is 5.23. The molecule has 2 fully saturated rings. The molecule has 27 heavy (non-hydrogen) atoms. The van der Waals surface area contributed by atoms with E-state index in [9.17, 15) is 9.90 Å². The van der Waals surface area contributed by atoms with E-state index in [2.05, 4.69) is 46.9 Å². The number of carbonyl (C=O) groups excluding carboxylic acids is 1. The van der Waals surface area contributed by atoms with E-state index in [0.29, 0.717) is 11.8 Å². The maximum atomic E-state index is 12.1. The Balaban J connectivity index is 2.15. The summed E-state index contributed by atoms with van der Waals surface area (Å²) >= 11 is 0. The maximum Gasteiger partial charge on any atom is 0.226 e. The largest absolute Gasteiger partial charge is 0.413 e. The van der Waals surface area contributed by atoms with Crippen LogP contribution in [-0.2, 0) is 9.22 Å². The quantitative estimate of drug-likeness (QED) is 0.544. The Hall–Kier alpha value is -0.653. The van der Waals surface area contributed by atoms with Crippen molar-refractivity contribution in [2.24, 2.45) is 5.41 Å². The highest BCUT2D eigenvalue weighted by atomic mass is 28.4. The Labute approximate surface area is 167 Å². The molecule has 0 radical (unpaired) electrons.